The zero-order valence-electron chi connectivity index (χ0n) is 10.8. The van der Waals surface area contributed by atoms with Gasteiger partial charge in [0.25, 0.3) is 5.56 Å². The van der Waals surface area contributed by atoms with Crippen LogP contribution < -0.4 is 21.7 Å². The van der Waals surface area contributed by atoms with Crippen LogP contribution >= 0.6 is 23.6 Å². The molecule has 0 aliphatic rings. The van der Waals surface area contributed by atoms with Gasteiger partial charge in [0.15, 0.2) is 5.11 Å². The van der Waals surface area contributed by atoms with E-state index in [1.165, 1.54) is 11.3 Å². The Hall–Kier alpha value is -1.67. The van der Waals surface area contributed by atoms with E-state index in [9.17, 15) is 4.79 Å². The average molecular weight is 297 g/mol. The maximum Gasteiger partial charge on any atom is 0.261 e. The highest BCUT2D eigenvalue weighted by molar-refractivity contribution is 7.80. The van der Waals surface area contributed by atoms with E-state index in [2.05, 4.69) is 40.0 Å². The van der Waals surface area contributed by atoms with E-state index >= 15 is 0 Å². The third kappa shape index (κ3) is 2.85. The highest BCUT2D eigenvalue weighted by Crippen LogP contribution is 2.27. The van der Waals surface area contributed by atoms with Crippen molar-refractivity contribution in [1.29, 1.82) is 0 Å². The molecule has 0 saturated carbocycles. The molecule has 2 aromatic heterocycles. The maximum absolute atomic E-state index is 12.1. The van der Waals surface area contributed by atoms with Gasteiger partial charge in [-0.25, -0.2) is 4.98 Å². The summed E-state index contributed by atoms with van der Waals surface area (Å²) in [5.41, 5.74) is 6.35. The van der Waals surface area contributed by atoms with Crippen LogP contribution in [0.3, 0.4) is 0 Å². The van der Waals surface area contributed by atoms with Crippen molar-refractivity contribution in [3.8, 4) is 0 Å². The summed E-state index contributed by atoms with van der Waals surface area (Å²) in [4.78, 5) is 19.8. The second-order valence-electron chi connectivity index (χ2n) is 4.27. The number of aromatic nitrogens is 2. The standard InChI is InChI=1S/C11H15N5OS2/c1-5(2)6-4-19-9-7(6)8(17)13-10(14-9)15-16-11(18)12-3/h4-5H,1-3H3,(H2,12,16,18)(H2,13,14,15,17). The van der Waals surface area contributed by atoms with Crippen molar-refractivity contribution in [2.45, 2.75) is 19.8 Å². The minimum Gasteiger partial charge on any atom is -0.364 e. The van der Waals surface area contributed by atoms with Crippen molar-refractivity contribution in [3.05, 3.63) is 21.3 Å². The fourth-order valence-electron chi connectivity index (χ4n) is 1.63. The Morgan fingerprint density at radius 2 is 2.26 bits per heavy atom. The van der Waals surface area contributed by atoms with Crippen molar-refractivity contribution in [1.82, 2.24) is 20.7 Å². The van der Waals surface area contributed by atoms with Gasteiger partial charge in [-0.1, -0.05) is 13.8 Å². The molecule has 2 rings (SSSR count). The van der Waals surface area contributed by atoms with Gasteiger partial charge in [-0.05, 0) is 29.1 Å². The molecule has 2 heterocycles. The molecule has 0 saturated heterocycles. The third-order valence-corrected chi connectivity index (χ3v) is 3.81. The van der Waals surface area contributed by atoms with E-state index < -0.39 is 0 Å². The Morgan fingerprint density at radius 3 is 2.89 bits per heavy atom. The summed E-state index contributed by atoms with van der Waals surface area (Å²) in [6, 6.07) is 0. The van der Waals surface area contributed by atoms with Gasteiger partial charge in [-0.3, -0.25) is 20.6 Å². The van der Waals surface area contributed by atoms with Gasteiger partial charge in [-0.15, -0.1) is 11.3 Å². The number of nitrogens with zero attached hydrogens (tertiary/aromatic N) is 1. The van der Waals surface area contributed by atoms with E-state index in [-0.39, 0.29) is 5.56 Å². The molecule has 102 valence electrons. The maximum atomic E-state index is 12.1. The molecule has 0 unspecified atom stereocenters. The van der Waals surface area contributed by atoms with Gasteiger partial charge < -0.3 is 5.32 Å². The molecule has 2 aromatic rings. The zero-order chi connectivity index (χ0) is 14.0. The van der Waals surface area contributed by atoms with Gasteiger partial charge in [0.2, 0.25) is 5.95 Å². The molecule has 19 heavy (non-hydrogen) atoms. The monoisotopic (exact) mass is 297 g/mol. The fourth-order valence-corrected chi connectivity index (χ4v) is 2.79. The first kappa shape index (κ1) is 13.8. The van der Waals surface area contributed by atoms with Crippen LogP contribution in [0.2, 0.25) is 0 Å². The summed E-state index contributed by atoms with van der Waals surface area (Å²) in [5, 5.41) is 5.81. The minimum absolute atomic E-state index is 0.144. The molecule has 4 N–H and O–H groups in total. The number of fused-ring (bicyclic) bond motifs is 1. The molecular weight excluding hydrogens is 282 g/mol. The number of anilines is 1. The SMILES string of the molecule is CNC(=S)NNc1nc2scc(C(C)C)c2c(=O)[nH]1. The van der Waals surface area contributed by atoms with Crippen LogP contribution in [0.15, 0.2) is 10.2 Å². The highest BCUT2D eigenvalue weighted by Gasteiger charge is 2.13. The van der Waals surface area contributed by atoms with Gasteiger partial charge in [0.05, 0.1) is 5.39 Å². The molecule has 0 aromatic carbocycles. The van der Waals surface area contributed by atoms with Crippen LogP contribution in [0.25, 0.3) is 10.2 Å². The predicted molar refractivity (Wildman–Crippen MR) is 82.7 cm³/mol. The van der Waals surface area contributed by atoms with E-state index in [0.29, 0.717) is 27.2 Å². The lowest BCUT2D eigenvalue weighted by Crippen LogP contribution is -2.37. The summed E-state index contributed by atoms with van der Waals surface area (Å²) in [6.07, 6.45) is 0. The summed E-state index contributed by atoms with van der Waals surface area (Å²) in [6.45, 7) is 4.11. The van der Waals surface area contributed by atoms with Crippen LogP contribution in [0.4, 0.5) is 5.95 Å². The first-order valence-electron chi connectivity index (χ1n) is 5.78. The van der Waals surface area contributed by atoms with Crippen LogP contribution in [-0.2, 0) is 0 Å². The Labute approximate surface area is 119 Å². The fraction of sp³-hybridized carbons (Fsp3) is 0.364. The second kappa shape index (κ2) is 5.54. The quantitative estimate of drug-likeness (QED) is 0.508. The lowest BCUT2D eigenvalue weighted by molar-refractivity contribution is 0.878. The lowest BCUT2D eigenvalue weighted by Gasteiger charge is -2.09. The Balaban J connectivity index is 2.35. The number of aromatic amines is 1. The summed E-state index contributed by atoms with van der Waals surface area (Å²) < 4.78 is 0. The van der Waals surface area contributed by atoms with E-state index in [1.54, 1.807) is 7.05 Å². The first-order chi connectivity index (χ1) is 9.02. The normalized spacial score (nSPS) is 10.7. The molecule has 0 radical (unpaired) electrons. The average Bonchev–Trinajstić information content (AvgIpc) is 2.80. The van der Waals surface area contributed by atoms with Crippen molar-refractivity contribution < 1.29 is 0 Å². The molecule has 0 atom stereocenters. The summed E-state index contributed by atoms with van der Waals surface area (Å²) in [7, 11) is 1.70. The number of nitrogens with one attached hydrogen (secondary N) is 4. The van der Waals surface area contributed by atoms with E-state index in [0.717, 1.165) is 5.56 Å². The van der Waals surface area contributed by atoms with E-state index in [4.69, 9.17) is 12.2 Å². The number of hydrogen-bond donors (Lipinski definition) is 4. The number of thiocarbonyl (C=S) groups is 1. The Bertz CT molecular complexity index is 661. The summed E-state index contributed by atoms with van der Waals surface area (Å²) >= 11 is 6.38. The Morgan fingerprint density at radius 1 is 1.53 bits per heavy atom. The molecule has 0 fully saturated rings. The van der Waals surface area contributed by atoms with Crippen LogP contribution in [0.5, 0.6) is 0 Å². The second-order valence-corrected chi connectivity index (χ2v) is 5.54. The molecule has 0 spiro atoms. The third-order valence-electron chi connectivity index (χ3n) is 2.62. The molecular formula is C11H15N5OS2. The summed E-state index contributed by atoms with van der Waals surface area (Å²) in [5.74, 6) is 0.637. The first-order valence-corrected chi connectivity index (χ1v) is 7.07. The Kier molecular flexibility index (Phi) is 4.01. The number of H-pyrrole nitrogens is 1. The largest absolute Gasteiger partial charge is 0.364 e. The van der Waals surface area contributed by atoms with E-state index in [1.807, 2.05) is 5.38 Å². The number of thiophene rings is 1. The predicted octanol–water partition coefficient (Wildman–Crippen LogP) is 1.53. The van der Waals surface area contributed by atoms with Crippen molar-refractivity contribution >= 4 is 44.8 Å². The smallest absolute Gasteiger partial charge is 0.261 e. The van der Waals surface area contributed by atoms with Crippen molar-refractivity contribution in [2.24, 2.45) is 0 Å². The minimum atomic E-state index is -0.144. The van der Waals surface area contributed by atoms with Gasteiger partial charge >= 0.3 is 0 Å². The van der Waals surface area contributed by atoms with Gasteiger partial charge in [-0.2, -0.15) is 0 Å². The van der Waals surface area contributed by atoms with Crippen LogP contribution in [0.1, 0.15) is 25.3 Å². The highest BCUT2D eigenvalue weighted by atomic mass is 32.1. The van der Waals surface area contributed by atoms with Crippen molar-refractivity contribution in [2.75, 3.05) is 12.5 Å². The molecule has 0 amide bonds. The molecule has 0 bridgehead atoms. The molecule has 6 nitrogen and oxygen atoms in total. The van der Waals surface area contributed by atoms with Gasteiger partial charge in [0, 0.05) is 7.05 Å². The number of hydrogen-bond acceptors (Lipinski definition) is 5. The molecule has 0 aliphatic carbocycles. The number of rotatable bonds is 3. The topological polar surface area (TPSA) is 81.8 Å². The lowest BCUT2D eigenvalue weighted by atomic mass is 10.0. The molecule has 0 aliphatic heterocycles. The van der Waals surface area contributed by atoms with Gasteiger partial charge in [0.1, 0.15) is 4.83 Å². The van der Waals surface area contributed by atoms with Crippen molar-refractivity contribution in [3.63, 3.8) is 0 Å². The zero-order valence-corrected chi connectivity index (χ0v) is 12.5. The van der Waals surface area contributed by atoms with Crippen LogP contribution in [0, 0.1) is 0 Å². The molecule has 8 heteroatoms. The number of hydrazine groups is 1. The van der Waals surface area contributed by atoms with Crippen LogP contribution in [-0.4, -0.2) is 22.1 Å².